The zero-order valence-corrected chi connectivity index (χ0v) is 13.3. The molecule has 0 aromatic carbocycles. The van der Waals surface area contributed by atoms with Crippen LogP contribution in [-0.2, 0) is 14.8 Å². The van der Waals surface area contributed by atoms with E-state index in [1.807, 2.05) is 0 Å². The van der Waals surface area contributed by atoms with Gasteiger partial charge in [-0.3, -0.25) is 4.79 Å². The third-order valence-corrected chi connectivity index (χ3v) is 5.77. The van der Waals surface area contributed by atoms with Crippen LogP contribution in [-0.4, -0.2) is 42.9 Å². The van der Waals surface area contributed by atoms with Gasteiger partial charge >= 0.3 is 0 Å². The second-order valence-electron chi connectivity index (χ2n) is 5.23. The average molecular weight is 326 g/mol. The molecule has 1 aliphatic heterocycles. The molecular formula is C13H18N4O4S. The van der Waals surface area contributed by atoms with Crippen LogP contribution >= 0.6 is 0 Å². The number of rotatable bonds is 4. The number of sulfonamides is 1. The van der Waals surface area contributed by atoms with E-state index in [1.165, 1.54) is 4.31 Å². The maximum Gasteiger partial charge on any atom is 0.248 e. The van der Waals surface area contributed by atoms with Crippen LogP contribution in [0.3, 0.4) is 0 Å². The van der Waals surface area contributed by atoms with Crippen LogP contribution in [0.1, 0.15) is 30.7 Å². The molecule has 0 spiro atoms. The Morgan fingerprint density at radius 1 is 1.45 bits per heavy atom. The number of hydrogen-bond acceptors (Lipinski definition) is 6. The van der Waals surface area contributed by atoms with E-state index in [4.69, 9.17) is 9.78 Å². The van der Waals surface area contributed by atoms with Crippen molar-refractivity contribution in [3.63, 3.8) is 0 Å². The molecule has 1 saturated heterocycles. The highest BCUT2D eigenvalue weighted by molar-refractivity contribution is 7.89. The van der Waals surface area contributed by atoms with E-state index in [1.54, 1.807) is 19.9 Å². The highest BCUT2D eigenvalue weighted by Crippen LogP contribution is 2.25. The smallest absolute Gasteiger partial charge is 0.248 e. The van der Waals surface area contributed by atoms with Gasteiger partial charge in [0.1, 0.15) is 17.0 Å². The predicted octanol–water partition coefficient (Wildman–Crippen LogP) is 0.474. The third kappa shape index (κ3) is 3.28. The molecule has 0 saturated carbocycles. The van der Waals surface area contributed by atoms with Crippen molar-refractivity contribution in [3.05, 3.63) is 11.5 Å². The minimum absolute atomic E-state index is 0.100. The summed E-state index contributed by atoms with van der Waals surface area (Å²) in [5, 5.41) is 14.9. The van der Waals surface area contributed by atoms with Crippen LogP contribution in [0.2, 0.25) is 0 Å². The molecule has 1 N–H and O–H groups in total. The van der Waals surface area contributed by atoms with Gasteiger partial charge in [0, 0.05) is 19.1 Å². The number of amides is 1. The van der Waals surface area contributed by atoms with Crippen molar-refractivity contribution in [3.8, 4) is 6.07 Å². The van der Waals surface area contributed by atoms with E-state index in [-0.39, 0.29) is 29.0 Å². The summed E-state index contributed by atoms with van der Waals surface area (Å²) in [6.07, 6.45) is 0.844. The zero-order chi connectivity index (χ0) is 16.3. The molecule has 9 heteroatoms. The SMILES string of the molecule is Cc1noc(C)c1S(=O)(=O)N1CCC(NC(=O)CC#N)CC1. The summed E-state index contributed by atoms with van der Waals surface area (Å²) in [5.41, 5.74) is 0.349. The number of carbonyl (C=O) groups excluding carboxylic acids is 1. The number of nitrogens with zero attached hydrogens (tertiary/aromatic N) is 3. The van der Waals surface area contributed by atoms with Gasteiger partial charge in [0.25, 0.3) is 0 Å². The first-order chi connectivity index (χ1) is 10.4. The van der Waals surface area contributed by atoms with Crippen molar-refractivity contribution >= 4 is 15.9 Å². The molecule has 8 nitrogen and oxygen atoms in total. The first-order valence-electron chi connectivity index (χ1n) is 6.95. The lowest BCUT2D eigenvalue weighted by Gasteiger charge is -2.31. The van der Waals surface area contributed by atoms with Crippen molar-refractivity contribution in [2.24, 2.45) is 0 Å². The quantitative estimate of drug-likeness (QED) is 0.860. The fourth-order valence-electron chi connectivity index (χ4n) is 2.56. The van der Waals surface area contributed by atoms with Crippen LogP contribution in [0.25, 0.3) is 0 Å². The van der Waals surface area contributed by atoms with Gasteiger partial charge in [-0.25, -0.2) is 8.42 Å². The van der Waals surface area contributed by atoms with Gasteiger partial charge in [-0.1, -0.05) is 5.16 Å². The number of aryl methyl sites for hydroxylation is 2. The number of hydrogen-bond donors (Lipinski definition) is 1. The van der Waals surface area contributed by atoms with Crippen molar-refractivity contribution in [1.29, 1.82) is 5.26 Å². The molecule has 0 radical (unpaired) electrons. The third-order valence-electron chi connectivity index (χ3n) is 3.62. The van der Waals surface area contributed by atoms with Gasteiger partial charge < -0.3 is 9.84 Å². The van der Waals surface area contributed by atoms with Gasteiger partial charge in [-0.2, -0.15) is 9.57 Å². The van der Waals surface area contributed by atoms with Gasteiger partial charge in [0.15, 0.2) is 5.76 Å². The number of piperidine rings is 1. The Kier molecular flexibility index (Phi) is 4.83. The normalized spacial score (nSPS) is 17.1. The Morgan fingerprint density at radius 3 is 2.59 bits per heavy atom. The van der Waals surface area contributed by atoms with E-state index in [0.717, 1.165) is 0 Å². The minimum atomic E-state index is -3.63. The molecule has 0 aliphatic carbocycles. The van der Waals surface area contributed by atoms with E-state index < -0.39 is 10.0 Å². The summed E-state index contributed by atoms with van der Waals surface area (Å²) in [5.74, 6) is -0.0449. The van der Waals surface area contributed by atoms with Gasteiger partial charge in [-0.05, 0) is 26.7 Å². The Labute approximate surface area is 129 Å². The fourth-order valence-corrected chi connectivity index (χ4v) is 4.32. The van der Waals surface area contributed by atoms with Crippen molar-refractivity contribution in [1.82, 2.24) is 14.8 Å². The highest BCUT2D eigenvalue weighted by Gasteiger charge is 2.33. The summed E-state index contributed by atoms with van der Waals surface area (Å²) in [6.45, 7) is 3.79. The Bertz CT molecular complexity index is 677. The standard InChI is InChI=1S/C13H18N4O4S/c1-9-13(10(2)21-16-9)22(19,20)17-7-4-11(5-8-17)15-12(18)3-6-14/h11H,3-5,7-8H2,1-2H3,(H,15,18). The first kappa shape index (κ1) is 16.5. The maximum absolute atomic E-state index is 12.6. The van der Waals surface area contributed by atoms with Gasteiger partial charge in [0.2, 0.25) is 15.9 Å². The van der Waals surface area contributed by atoms with Crippen molar-refractivity contribution in [2.75, 3.05) is 13.1 Å². The molecule has 1 aromatic heterocycles. The van der Waals surface area contributed by atoms with Crippen LogP contribution in [0, 0.1) is 25.2 Å². The molecule has 2 rings (SSSR count). The van der Waals surface area contributed by atoms with Crippen molar-refractivity contribution < 1.29 is 17.7 Å². The predicted molar refractivity (Wildman–Crippen MR) is 76.1 cm³/mol. The molecule has 0 atom stereocenters. The first-order valence-corrected chi connectivity index (χ1v) is 8.39. The van der Waals surface area contributed by atoms with Crippen LogP contribution in [0.5, 0.6) is 0 Å². The van der Waals surface area contributed by atoms with Crippen molar-refractivity contribution in [2.45, 2.75) is 44.0 Å². The Balaban J connectivity index is 2.03. The molecule has 1 fully saturated rings. The van der Waals surface area contributed by atoms with Gasteiger partial charge in [0.05, 0.1) is 6.07 Å². The molecule has 2 heterocycles. The summed E-state index contributed by atoms with van der Waals surface area (Å²) >= 11 is 0. The number of carbonyl (C=O) groups is 1. The second-order valence-corrected chi connectivity index (χ2v) is 7.11. The van der Waals surface area contributed by atoms with Gasteiger partial charge in [-0.15, -0.1) is 0 Å². The van der Waals surface area contributed by atoms with E-state index in [2.05, 4.69) is 10.5 Å². The topological polar surface area (TPSA) is 116 Å². The lowest BCUT2D eigenvalue weighted by molar-refractivity contribution is -0.121. The van der Waals surface area contributed by atoms with Crippen LogP contribution in [0.4, 0.5) is 0 Å². The number of aromatic nitrogens is 1. The molecule has 22 heavy (non-hydrogen) atoms. The number of nitriles is 1. The average Bonchev–Trinajstić information content (AvgIpc) is 2.79. The molecule has 120 valence electrons. The minimum Gasteiger partial charge on any atom is -0.360 e. The maximum atomic E-state index is 12.6. The molecule has 1 aliphatic rings. The summed E-state index contributed by atoms with van der Waals surface area (Å²) < 4.78 is 31.5. The highest BCUT2D eigenvalue weighted by atomic mass is 32.2. The van der Waals surface area contributed by atoms with E-state index in [9.17, 15) is 13.2 Å². The molecule has 1 amide bonds. The molecular weight excluding hydrogens is 308 g/mol. The molecule has 0 unspecified atom stereocenters. The van der Waals surface area contributed by atoms with E-state index in [0.29, 0.717) is 31.6 Å². The summed E-state index contributed by atoms with van der Waals surface area (Å²) in [7, 11) is -3.63. The summed E-state index contributed by atoms with van der Waals surface area (Å²) in [6, 6.07) is 1.69. The second kappa shape index (κ2) is 6.46. The van der Waals surface area contributed by atoms with Crippen LogP contribution in [0.15, 0.2) is 9.42 Å². The monoisotopic (exact) mass is 326 g/mol. The molecule has 1 aromatic rings. The molecule has 0 bridgehead atoms. The summed E-state index contributed by atoms with van der Waals surface area (Å²) in [4.78, 5) is 11.5. The lowest BCUT2D eigenvalue weighted by Crippen LogP contribution is -2.46. The fraction of sp³-hybridized carbons (Fsp3) is 0.615. The lowest BCUT2D eigenvalue weighted by atomic mass is 10.1. The zero-order valence-electron chi connectivity index (χ0n) is 12.5. The largest absolute Gasteiger partial charge is 0.360 e. The van der Waals surface area contributed by atoms with Crippen LogP contribution < -0.4 is 5.32 Å². The van der Waals surface area contributed by atoms with E-state index >= 15 is 0 Å². The Morgan fingerprint density at radius 2 is 2.09 bits per heavy atom. The Hall–Kier alpha value is -1.92. The number of nitrogens with one attached hydrogen (secondary N) is 1.